The van der Waals surface area contributed by atoms with Crippen LogP contribution in [0.4, 0.5) is 5.69 Å². The number of primary sulfonamides is 1. The molecule has 0 bridgehead atoms. The number of rotatable bonds is 3. The molecule has 0 atom stereocenters. The number of anilines is 1. The second kappa shape index (κ2) is 5.38. The molecule has 1 aliphatic rings. The second-order valence-electron chi connectivity index (χ2n) is 5.24. The van der Waals surface area contributed by atoms with Crippen molar-refractivity contribution in [3.63, 3.8) is 0 Å². The highest BCUT2D eigenvalue weighted by molar-refractivity contribution is 7.89. The minimum absolute atomic E-state index is 0.0582. The van der Waals surface area contributed by atoms with Gasteiger partial charge in [0.2, 0.25) is 10.0 Å². The van der Waals surface area contributed by atoms with Crippen molar-refractivity contribution in [2.45, 2.75) is 43.6 Å². The lowest BCUT2D eigenvalue weighted by Crippen LogP contribution is -2.23. The lowest BCUT2D eigenvalue weighted by Gasteiger charge is -2.27. The van der Waals surface area contributed by atoms with Gasteiger partial charge in [-0.1, -0.05) is 6.92 Å². The minimum atomic E-state index is -3.77. The fraction of sp³-hybridized carbons (Fsp3) is 0.538. The van der Waals surface area contributed by atoms with Crippen LogP contribution in [0.2, 0.25) is 0 Å². The van der Waals surface area contributed by atoms with Crippen LogP contribution in [0.15, 0.2) is 23.1 Å². The molecule has 0 radical (unpaired) electrons. The van der Waals surface area contributed by atoms with Gasteiger partial charge in [0.25, 0.3) is 0 Å². The zero-order valence-corrected chi connectivity index (χ0v) is 11.8. The number of hydrogen-bond donors (Lipinski definition) is 2. The minimum Gasteiger partial charge on any atom is -0.490 e. The van der Waals surface area contributed by atoms with E-state index in [1.54, 1.807) is 6.07 Å². The largest absolute Gasteiger partial charge is 0.490 e. The van der Waals surface area contributed by atoms with Crippen LogP contribution in [0.5, 0.6) is 5.75 Å². The number of hydrogen-bond acceptors (Lipinski definition) is 4. The maximum atomic E-state index is 11.2. The summed E-state index contributed by atoms with van der Waals surface area (Å²) in [7, 11) is -3.77. The molecule has 0 aromatic heterocycles. The van der Waals surface area contributed by atoms with Crippen molar-refractivity contribution in [2.24, 2.45) is 11.1 Å². The number of sulfonamides is 1. The van der Waals surface area contributed by atoms with Crippen LogP contribution in [0.3, 0.4) is 0 Å². The Morgan fingerprint density at radius 2 is 1.84 bits per heavy atom. The van der Waals surface area contributed by atoms with E-state index in [4.69, 9.17) is 15.6 Å². The first kappa shape index (κ1) is 14.1. The van der Waals surface area contributed by atoms with Crippen LogP contribution in [0.1, 0.15) is 32.6 Å². The van der Waals surface area contributed by atoms with E-state index < -0.39 is 10.0 Å². The molecule has 0 aliphatic heterocycles. The highest BCUT2D eigenvalue weighted by Crippen LogP contribution is 2.29. The normalized spacial score (nSPS) is 24.1. The second-order valence-corrected chi connectivity index (χ2v) is 6.77. The van der Waals surface area contributed by atoms with Crippen LogP contribution in [-0.2, 0) is 10.0 Å². The maximum Gasteiger partial charge on any atom is 0.240 e. The van der Waals surface area contributed by atoms with E-state index in [1.807, 2.05) is 0 Å². The molecule has 2 rings (SSSR count). The van der Waals surface area contributed by atoms with Crippen molar-refractivity contribution in [1.29, 1.82) is 0 Å². The number of ether oxygens (including phenoxy) is 1. The lowest BCUT2D eigenvalue weighted by molar-refractivity contribution is 0.135. The fourth-order valence-electron chi connectivity index (χ4n) is 2.40. The zero-order valence-electron chi connectivity index (χ0n) is 11.0. The van der Waals surface area contributed by atoms with Crippen LogP contribution < -0.4 is 15.6 Å². The van der Waals surface area contributed by atoms with Gasteiger partial charge in [0.05, 0.1) is 11.8 Å². The average molecular weight is 284 g/mol. The van der Waals surface area contributed by atoms with Crippen molar-refractivity contribution in [1.82, 2.24) is 0 Å². The molecule has 19 heavy (non-hydrogen) atoms. The summed E-state index contributed by atoms with van der Waals surface area (Å²) in [6, 6.07) is 4.53. The summed E-state index contributed by atoms with van der Waals surface area (Å²) >= 11 is 0. The molecule has 0 amide bonds. The first-order chi connectivity index (χ1) is 8.86. The molecular formula is C13H20N2O3S. The summed E-state index contributed by atoms with van der Waals surface area (Å²) < 4.78 is 28.3. The van der Waals surface area contributed by atoms with Crippen molar-refractivity contribution in [3.05, 3.63) is 18.2 Å². The molecule has 1 aliphatic carbocycles. The van der Waals surface area contributed by atoms with Gasteiger partial charge in [-0.3, -0.25) is 0 Å². The molecular weight excluding hydrogens is 264 g/mol. The third kappa shape index (κ3) is 3.61. The van der Waals surface area contributed by atoms with Gasteiger partial charge < -0.3 is 10.5 Å². The molecule has 0 heterocycles. The van der Waals surface area contributed by atoms with E-state index >= 15 is 0 Å². The summed E-state index contributed by atoms with van der Waals surface area (Å²) in [5.74, 6) is 1.36. The van der Waals surface area contributed by atoms with Gasteiger partial charge in [0.1, 0.15) is 10.6 Å². The molecule has 4 N–H and O–H groups in total. The summed E-state index contributed by atoms with van der Waals surface area (Å²) in [5.41, 5.74) is 5.82. The zero-order chi connectivity index (χ0) is 14.0. The Balaban J connectivity index is 2.08. The molecule has 5 nitrogen and oxygen atoms in total. The molecule has 0 saturated heterocycles. The SMILES string of the molecule is CC1CCC(Oc2ccc(S(N)(=O)=O)c(N)c2)CC1. The maximum absolute atomic E-state index is 11.2. The van der Waals surface area contributed by atoms with Crippen molar-refractivity contribution in [3.8, 4) is 5.75 Å². The Kier molecular flexibility index (Phi) is 4.01. The number of nitrogen functional groups attached to an aromatic ring is 1. The van der Waals surface area contributed by atoms with Crippen LogP contribution in [0.25, 0.3) is 0 Å². The van der Waals surface area contributed by atoms with Crippen LogP contribution in [-0.4, -0.2) is 14.5 Å². The predicted octanol–water partition coefficient (Wildman–Crippen LogP) is 1.87. The Hall–Kier alpha value is -1.27. The lowest BCUT2D eigenvalue weighted by atomic mass is 9.89. The van der Waals surface area contributed by atoms with E-state index in [-0.39, 0.29) is 16.7 Å². The Morgan fingerprint density at radius 1 is 1.21 bits per heavy atom. The molecule has 1 aromatic rings. The summed E-state index contributed by atoms with van der Waals surface area (Å²) in [4.78, 5) is -0.0582. The summed E-state index contributed by atoms with van der Waals surface area (Å²) in [6.07, 6.45) is 4.57. The summed E-state index contributed by atoms with van der Waals surface area (Å²) in [6.45, 7) is 2.25. The molecule has 1 aromatic carbocycles. The molecule has 0 unspecified atom stereocenters. The quantitative estimate of drug-likeness (QED) is 0.828. The topological polar surface area (TPSA) is 95.4 Å². The molecule has 0 spiro atoms. The van der Waals surface area contributed by atoms with E-state index in [1.165, 1.54) is 12.1 Å². The van der Waals surface area contributed by atoms with E-state index in [2.05, 4.69) is 6.92 Å². The number of nitrogens with two attached hydrogens (primary N) is 2. The van der Waals surface area contributed by atoms with Crippen LogP contribution in [0, 0.1) is 5.92 Å². The highest BCUT2D eigenvalue weighted by atomic mass is 32.2. The van der Waals surface area contributed by atoms with E-state index in [9.17, 15) is 8.42 Å². The van der Waals surface area contributed by atoms with Crippen LogP contribution >= 0.6 is 0 Å². The first-order valence-corrected chi connectivity index (χ1v) is 8.00. The van der Waals surface area contributed by atoms with Gasteiger partial charge in [0, 0.05) is 6.07 Å². The standard InChI is InChI=1S/C13H20N2O3S/c1-9-2-4-10(5-3-9)18-11-6-7-13(12(14)8-11)19(15,16)17/h6-10H,2-5,14H2,1H3,(H2,15,16,17). The third-order valence-corrected chi connectivity index (χ3v) is 4.54. The van der Waals surface area contributed by atoms with Crippen molar-refractivity contribution < 1.29 is 13.2 Å². The van der Waals surface area contributed by atoms with Gasteiger partial charge in [-0.2, -0.15) is 0 Å². The monoisotopic (exact) mass is 284 g/mol. The fourth-order valence-corrected chi connectivity index (χ4v) is 3.04. The van der Waals surface area contributed by atoms with Gasteiger partial charge in [-0.25, -0.2) is 13.6 Å². The van der Waals surface area contributed by atoms with E-state index in [0.29, 0.717) is 5.75 Å². The molecule has 1 fully saturated rings. The first-order valence-electron chi connectivity index (χ1n) is 6.45. The van der Waals surface area contributed by atoms with Gasteiger partial charge in [-0.05, 0) is 43.7 Å². The highest BCUT2D eigenvalue weighted by Gasteiger charge is 2.20. The van der Waals surface area contributed by atoms with Crippen molar-refractivity contribution in [2.75, 3.05) is 5.73 Å². The van der Waals surface area contributed by atoms with Crippen molar-refractivity contribution >= 4 is 15.7 Å². The Morgan fingerprint density at radius 3 is 2.37 bits per heavy atom. The smallest absolute Gasteiger partial charge is 0.240 e. The molecule has 106 valence electrons. The van der Waals surface area contributed by atoms with E-state index in [0.717, 1.165) is 31.6 Å². The van der Waals surface area contributed by atoms with Gasteiger partial charge >= 0.3 is 0 Å². The summed E-state index contributed by atoms with van der Waals surface area (Å²) in [5, 5.41) is 5.06. The molecule has 6 heteroatoms. The molecule has 1 saturated carbocycles. The van der Waals surface area contributed by atoms with Gasteiger partial charge in [0.15, 0.2) is 0 Å². The Labute approximate surface area is 114 Å². The van der Waals surface area contributed by atoms with Gasteiger partial charge in [-0.15, -0.1) is 0 Å². The third-order valence-electron chi connectivity index (χ3n) is 3.55. The average Bonchev–Trinajstić information content (AvgIpc) is 2.30. The number of benzene rings is 1. The Bertz CT molecular complexity index is 549. The predicted molar refractivity (Wildman–Crippen MR) is 74.3 cm³/mol.